The SMILES string of the molecule is Oc1ccc2c(O)cccc2c1C(c1ccc(-c2ccccc2)cc1)c1c2c(cc3c(O)cccc13)O2. The molecule has 0 aliphatic carbocycles. The van der Waals surface area contributed by atoms with Crippen LogP contribution in [0.4, 0.5) is 0 Å². The fraction of sp³-hybridized carbons (Fsp3) is 0.0303. The summed E-state index contributed by atoms with van der Waals surface area (Å²) >= 11 is 0. The van der Waals surface area contributed by atoms with Gasteiger partial charge in [0.2, 0.25) is 0 Å². The molecule has 0 spiro atoms. The number of aromatic hydroxyl groups is 3. The Labute approximate surface area is 213 Å². The molecule has 0 radical (unpaired) electrons. The minimum Gasteiger partial charge on any atom is -0.508 e. The second-order valence-electron chi connectivity index (χ2n) is 9.38. The van der Waals surface area contributed by atoms with Gasteiger partial charge in [0.1, 0.15) is 17.2 Å². The molecule has 178 valence electrons. The largest absolute Gasteiger partial charge is 0.508 e. The van der Waals surface area contributed by atoms with Crippen LogP contribution in [0.2, 0.25) is 0 Å². The predicted molar refractivity (Wildman–Crippen MR) is 146 cm³/mol. The number of benzene rings is 6. The van der Waals surface area contributed by atoms with E-state index in [1.165, 1.54) is 0 Å². The number of hydrogen-bond donors (Lipinski definition) is 3. The zero-order valence-corrected chi connectivity index (χ0v) is 19.7. The monoisotopic (exact) mass is 482 g/mol. The summed E-state index contributed by atoms with van der Waals surface area (Å²) in [5.41, 5.74) is 4.72. The van der Waals surface area contributed by atoms with Gasteiger partial charge in [-0.25, -0.2) is 0 Å². The van der Waals surface area contributed by atoms with Gasteiger partial charge < -0.3 is 20.1 Å². The van der Waals surface area contributed by atoms with Gasteiger partial charge in [0.05, 0.1) is 0 Å². The van der Waals surface area contributed by atoms with Crippen LogP contribution in [-0.4, -0.2) is 15.3 Å². The molecule has 0 bridgehead atoms. The van der Waals surface area contributed by atoms with Crippen LogP contribution in [0, 0.1) is 0 Å². The first kappa shape index (κ1) is 21.3. The molecule has 1 heterocycles. The van der Waals surface area contributed by atoms with Crippen LogP contribution in [-0.2, 0) is 0 Å². The molecule has 6 aromatic rings. The quantitative estimate of drug-likeness (QED) is 0.175. The summed E-state index contributed by atoms with van der Waals surface area (Å²) in [5.74, 6) is 1.51. The summed E-state index contributed by atoms with van der Waals surface area (Å²) in [5, 5.41) is 35.5. The Bertz CT molecular complexity index is 1800. The third-order valence-electron chi connectivity index (χ3n) is 7.27. The van der Waals surface area contributed by atoms with Crippen LogP contribution < -0.4 is 4.74 Å². The lowest BCUT2D eigenvalue weighted by molar-refractivity contribution is 0.467. The van der Waals surface area contributed by atoms with Crippen molar-refractivity contribution in [1.29, 1.82) is 0 Å². The Balaban J connectivity index is 1.53. The highest BCUT2D eigenvalue weighted by atomic mass is 16.6. The highest BCUT2D eigenvalue weighted by Gasteiger charge is 2.35. The summed E-state index contributed by atoms with van der Waals surface area (Å²) in [6.45, 7) is 0. The summed E-state index contributed by atoms with van der Waals surface area (Å²) in [6, 6.07) is 34.5. The molecule has 4 nitrogen and oxygen atoms in total. The smallest absolute Gasteiger partial charge is 0.174 e. The molecule has 3 N–H and O–H groups in total. The van der Waals surface area contributed by atoms with E-state index >= 15 is 0 Å². The Hall–Kier alpha value is -4.96. The van der Waals surface area contributed by atoms with Crippen LogP contribution >= 0.6 is 0 Å². The molecule has 6 aromatic carbocycles. The van der Waals surface area contributed by atoms with Gasteiger partial charge in [-0.2, -0.15) is 0 Å². The molecular weight excluding hydrogens is 460 g/mol. The zero-order chi connectivity index (χ0) is 25.1. The van der Waals surface area contributed by atoms with Crippen LogP contribution in [0.1, 0.15) is 22.6 Å². The number of phenolic OH excluding ortho intramolecular Hbond substituents is 3. The second-order valence-corrected chi connectivity index (χ2v) is 9.38. The molecule has 0 aromatic heterocycles. The number of hydrogen-bond acceptors (Lipinski definition) is 4. The highest BCUT2D eigenvalue weighted by Crippen LogP contribution is 2.58. The van der Waals surface area contributed by atoms with Crippen LogP contribution in [0.5, 0.6) is 28.7 Å². The maximum Gasteiger partial charge on any atom is 0.174 e. The van der Waals surface area contributed by atoms with Gasteiger partial charge in [0, 0.05) is 27.8 Å². The van der Waals surface area contributed by atoms with Crippen LogP contribution in [0.3, 0.4) is 0 Å². The standard InChI is InChI=1S/C33H22O4/c34-26-10-4-8-23-22(26)16-17-28(36)31(23)30(21-14-12-20(13-15-21)19-6-2-1-3-7-19)32-24-9-5-11-27(35)25(24)18-29-33(32)37-29/h1-18,30,34-36H. The third kappa shape index (κ3) is 3.38. The van der Waals surface area contributed by atoms with Crippen molar-refractivity contribution in [1.82, 2.24) is 0 Å². The normalized spacial score (nSPS) is 12.8. The van der Waals surface area contributed by atoms with Crippen molar-refractivity contribution in [3.8, 4) is 39.9 Å². The van der Waals surface area contributed by atoms with Crippen LogP contribution in [0.25, 0.3) is 32.7 Å². The number of ether oxygens (including phenoxy) is 1. The lowest BCUT2D eigenvalue weighted by atomic mass is 9.80. The van der Waals surface area contributed by atoms with Gasteiger partial charge >= 0.3 is 0 Å². The van der Waals surface area contributed by atoms with Crippen LogP contribution in [0.15, 0.2) is 109 Å². The van der Waals surface area contributed by atoms with E-state index < -0.39 is 5.92 Å². The number of rotatable bonds is 4. The van der Waals surface area contributed by atoms with Gasteiger partial charge in [0.15, 0.2) is 11.5 Å². The summed E-state index contributed by atoms with van der Waals surface area (Å²) < 4.78 is 5.92. The van der Waals surface area contributed by atoms with Crippen molar-refractivity contribution in [3.63, 3.8) is 0 Å². The zero-order valence-electron chi connectivity index (χ0n) is 19.7. The van der Waals surface area contributed by atoms with E-state index in [9.17, 15) is 15.3 Å². The first-order valence-electron chi connectivity index (χ1n) is 12.2. The lowest BCUT2D eigenvalue weighted by Gasteiger charge is -2.23. The predicted octanol–water partition coefficient (Wildman–Crippen LogP) is 8.06. The molecule has 7 rings (SSSR count). The van der Waals surface area contributed by atoms with Gasteiger partial charge in [-0.15, -0.1) is 0 Å². The first-order valence-corrected chi connectivity index (χ1v) is 12.2. The van der Waals surface area contributed by atoms with Gasteiger partial charge in [-0.1, -0.05) is 78.9 Å². The van der Waals surface area contributed by atoms with E-state index in [1.54, 1.807) is 30.3 Å². The van der Waals surface area contributed by atoms with E-state index in [-0.39, 0.29) is 17.2 Å². The first-order chi connectivity index (χ1) is 18.1. The Morgan fingerprint density at radius 3 is 1.86 bits per heavy atom. The average Bonchev–Trinajstić information content (AvgIpc) is 3.71. The summed E-state index contributed by atoms with van der Waals surface area (Å²) in [7, 11) is 0. The lowest BCUT2D eigenvalue weighted by Crippen LogP contribution is -2.05. The molecule has 0 saturated carbocycles. The van der Waals surface area contributed by atoms with E-state index in [0.29, 0.717) is 16.3 Å². The number of fused-ring (bicyclic) bond motifs is 3. The average molecular weight is 483 g/mol. The van der Waals surface area contributed by atoms with Gasteiger partial charge in [-0.05, 0) is 57.8 Å². The Kier molecular flexibility index (Phi) is 4.63. The fourth-order valence-electron chi connectivity index (χ4n) is 5.48. The minimum absolute atomic E-state index is 0.127. The van der Waals surface area contributed by atoms with Crippen molar-refractivity contribution in [3.05, 3.63) is 126 Å². The number of phenols is 3. The van der Waals surface area contributed by atoms with Crippen molar-refractivity contribution in [2.45, 2.75) is 5.92 Å². The summed E-state index contributed by atoms with van der Waals surface area (Å²) in [4.78, 5) is 0. The molecule has 1 atom stereocenters. The van der Waals surface area contributed by atoms with Crippen molar-refractivity contribution in [2.24, 2.45) is 0 Å². The maximum absolute atomic E-state index is 11.3. The molecule has 4 heteroatoms. The molecule has 0 fully saturated rings. The Morgan fingerprint density at radius 1 is 0.486 bits per heavy atom. The molecule has 1 aliphatic heterocycles. The van der Waals surface area contributed by atoms with E-state index in [2.05, 4.69) is 36.4 Å². The molecule has 37 heavy (non-hydrogen) atoms. The topological polar surface area (TPSA) is 73.2 Å². The van der Waals surface area contributed by atoms with Crippen molar-refractivity contribution in [2.75, 3.05) is 0 Å². The van der Waals surface area contributed by atoms with Gasteiger partial charge in [-0.3, -0.25) is 0 Å². The van der Waals surface area contributed by atoms with E-state index in [1.807, 2.05) is 42.5 Å². The van der Waals surface area contributed by atoms with Gasteiger partial charge in [0.25, 0.3) is 0 Å². The molecule has 1 unspecified atom stereocenters. The van der Waals surface area contributed by atoms with Crippen molar-refractivity contribution < 1.29 is 20.1 Å². The highest BCUT2D eigenvalue weighted by molar-refractivity contribution is 6.00. The van der Waals surface area contributed by atoms with Crippen molar-refractivity contribution >= 4 is 21.5 Å². The molecule has 0 amide bonds. The van der Waals surface area contributed by atoms with E-state index in [4.69, 9.17) is 4.74 Å². The fourth-order valence-corrected chi connectivity index (χ4v) is 5.48. The van der Waals surface area contributed by atoms with E-state index in [0.717, 1.165) is 44.5 Å². The molecule has 1 aliphatic rings. The maximum atomic E-state index is 11.3. The Morgan fingerprint density at radius 2 is 1.14 bits per heavy atom. The molecular formula is C33H22O4. The second kappa shape index (κ2) is 8.04. The summed E-state index contributed by atoms with van der Waals surface area (Å²) in [6.07, 6.45) is 0. The third-order valence-corrected chi connectivity index (χ3v) is 7.27. The minimum atomic E-state index is -0.419. The molecule has 0 saturated heterocycles.